The van der Waals surface area contributed by atoms with Gasteiger partial charge < -0.3 is 11.1 Å². The molecular formula is C16H18N6. The highest BCUT2D eigenvalue weighted by atomic mass is 15.3. The monoisotopic (exact) mass is 294 g/mol. The fourth-order valence-electron chi connectivity index (χ4n) is 2.31. The average Bonchev–Trinajstić information content (AvgIpc) is 3.07. The number of anilines is 1. The van der Waals surface area contributed by atoms with Crippen LogP contribution < -0.4 is 11.1 Å². The summed E-state index contributed by atoms with van der Waals surface area (Å²) in [6.07, 6.45) is 3.70. The Morgan fingerprint density at radius 3 is 2.82 bits per heavy atom. The van der Waals surface area contributed by atoms with Crippen LogP contribution >= 0.6 is 0 Å². The summed E-state index contributed by atoms with van der Waals surface area (Å²) in [5, 5.41) is 7.62. The van der Waals surface area contributed by atoms with Gasteiger partial charge in [0, 0.05) is 31.5 Å². The number of aryl methyl sites for hydroxylation is 1. The molecule has 2 aromatic heterocycles. The summed E-state index contributed by atoms with van der Waals surface area (Å²) in [7, 11) is 0. The van der Waals surface area contributed by atoms with Crippen LogP contribution in [0.2, 0.25) is 0 Å². The first-order valence-corrected chi connectivity index (χ1v) is 7.12. The molecule has 1 aromatic carbocycles. The minimum absolute atomic E-state index is 0.405. The van der Waals surface area contributed by atoms with Crippen molar-refractivity contribution in [2.24, 2.45) is 5.73 Å². The quantitative estimate of drug-likeness (QED) is 0.752. The zero-order valence-corrected chi connectivity index (χ0v) is 12.4. The first kappa shape index (κ1) is 14.2. The lowest BCUT2D eigenvalue weighted by Crippen LogP contribution is -2.09. The van der Waals surface area contributed by atoms with Crippen LogP contribution in [0.15, 0.2) is 48.8 Å². The van der Waals surface area contributed by atoms with Crippen molar-refractivity contribution in [2.45, 2.75) is 20.0 Å². The Bertz CT molecular complexity index is 751. The third kappa shape index (κ3) is 3.12. The van der Waals surface area contributed by atoms with Crippen molar-refractivity contribution in [1.29, 1.82) is 0 Å². The fourth-order valence-corrected chi connectivity index (χ4v) is 2.31. The van der Waals surface area contributed by atoms with E-state index in [0.717, 1.165) is 22.8 Å². The molecule has 0 bridgehead atoms. The second-order valence-electron chi connectivity index (χ2n) is 4.93. The van der Waals surface area contributed by atoms with Gasteiger partial charge in [0.25, 0.3) is 0 Å². The molecule has 0 saturated heterocycles. The number of nitrogens with zero attached hydrogens (tertiary/aromatic N) is 4. The summed E-state index contributed by atoms with van der Waals surface area (Å²) in [6, 6.07) is 11.9. The van der Waals surface area contributed by atoms with Gasteiger partial charge in [0.15, 0.2) is 0 Å². The Morgan fingerprint density at radius 1 is 1.18 bits per heavy atom. The molecule has 0 amide bonds. The molecular weight excluding hydrogens is 276 g/mol. The smallest absolute Gasteiger partial charge is 0.130 e. The molecule has 112 valence electrons. The van der Waals surface area contributed by atoms with E-state index in [1.54, 1.807) is 6.20 Å². The molecule has 0 atom stereocenters. The molecule has 2 heterocycles. The van der Waals surface area contributed by atoms with E-state index in [0.29, 0.717) is 18.9 Å². The molecule has 0 aliphatic carbocycles. The van der Waals surface area contributed by atoms with Crippen LogP contribution in [0.4, 0.5) is 5.82 Å². The molecule has 0 unspecified atom stereocenters. The summed E-state index contributed by atoms with van der Waals surface area (Å²) in [5.41, 5.74) is 8.66. The Kier molecular flexibility index (Phi) is 4.11. The lowest BCUT2D eigenvalue weighted by Gasteiger charge is -2.12. The molecule has 0 aliphatic heterocycles. The Labute approximate surface area is 129 Å². The zero-order chi connectivity index (χ0) is 15.4. The molecule has 3 N–H and O–H groups in total. The predicted molar refractivity (Wildman–Crippen MR) is 85.6 cm³/mol. The highest BCUT2D eigenvalue weighted by Gasteiger charge is 2.05. The molecule has 6 heteroatoms. The standard InChI is InChI=1S/C16H18N6/c1-12-20-14(10-17)9-16(21-12)18-11-13-5-2-3-6-15(13)22-8-4-7-19-22/h2-9H,10-11,17H2,1H3,(H,18,20,21). The van der Waals surface area contributed by atoms with E-state index in [9.17, 15) is 0 Å². The van der Waals surface area contributed by atoms with Gasteiger partial charge in [0.2, 0.25) is 0 Å². The minimum Gasteiger partial charge on any atom is -0.366 e. The first-order chi connectivity index (χ1) is 10.8. The van der Waals surface area contributed by atoms with Gasteiger partial charge in [-0.2, -0.15) is 5.10 Å². The van der Waals surface area contributed by atoms with Crippen molar-refractivity contribution in [3.05, 3.63) is 65.9 Å². The summed E-state index contributed by atoms with van der Waals surface area (Å²) >= 11 is 0. The van der Waals surface area contributed by atoms with E-state index in [-0.39, 0.29) is 0 Å². The van der Waals surface area contributed by atoms with E-state index in [4.69, 9.17) is 5.73 Å². The van der Waals surface area contributed by atoms with Crippen LogP contribution in [0.25, 0.3) is 5.69 Å². The minimum atomic E-state index is 0.405. The number of benzene rings is 1. The molecule has 0 spiro atoms. The third-order valence-electron chi connectivity index (χ3n) is 3.30. The molecule has 22 heavy (non-hydrogen) atoms. The number of hydrogen-bond acceptors (Lipinski definition) is 5. The molecule has 0 radical (unpaired) electrons. The largest absolute Gasteiger partial charge is 0.366 e. The molecule has 0 aliphatic rings. The van der Waals surface area contributed by atoms with Gasteiger partial charge >= 0.3 is 0 Å². The maximum atomic E-state index is 5.65. The summed E-state index contributed by atoms with van der Waals surface area (Å²) in [5.74, 6) is 1.49. The number of para-hydroxylation sites is 1. The molecule has 3 rings (SSSR count). The normalized spacial score (nSPS) is 10.6. The van der Waals surface area contributed by atoms with E-state index in [1.807, 2.05) is 48.1 Å². The van der Waals surface area contributed by atoms with Crippen molar-refractivity contribution >= 4 is 5.82 Å². The van der Waals surface area contributed by atoms with Crippen LogP contribution in [0, 0.1) is 6.92 Å². The van der Waals surface area contributed by atoms with Gasteiger partial charge in [-0.15, -0.1) is 0 Å². The fraction of sp³-hybridized carbons (Fsp3) is 0.188. The zero-order valence-electron chi connectivity index (χ0n) is 12.4. The summed E-state index contributed by atoms with van der Waals surface area (Å²) in [6.45, 7) is 2.92. The van der Waals surface area contributed by atoms with Crippen LogP contribution in [0.5, 0.6) is 0 Å². The lowest BCUT2D eigenvalue weighted by atomic mass is 10.2. The number of nitrogens with one attached hydrogen (secondary N) is 1. The Morgan fingerprint density at radius 2 is 2.05 bits per heavy atom. The second kappa shape index (κ2) is 6.36. The van der Waals surface area contributed by atoms with Gasteiger partial charge in [-0.05, 0) is 24.6 Å². The van der Waals surface area contributed by atoms with Crippen LogP contribution in [0.3, 0.4) is 0 Å². The van der Waals surface area contributed by atoms with Crippen molar-refractivity contribution < 1.29 is 0 Å². The van der Waals surface area contributed by atoms with Crippen LogP contribution in [-0.2, 0) is 13.1 Å². The van der Waals surface area contributed by atoms with Gasteiger partial charge in [-0.25, -0.2) is 14.6 Å². The summed E-state index contributed by atoms with van der Waals surface area (Å²) < 4.78 is 1.85. The lowest BCUT2D eigenvalue weighted by molar-refractivity contribution is 0.862. The Balaban J connectivity index is 1.81. The van der Waals surface area contributed by atoms with E-state index >= 15 is 0 Å². The topological polar surface area (TPSA) is 81.6 Å². The van der Waals surface area contributed by atoms with Crippen LogP contribution in [0.1, 0.15) is 17.1 Å². The summed E-state index contributed by atoms with van der Waals surface area (Å²) in [4.78, 5) is 8.66. The molecule has 0 fully saturated rings. The highest BCUT2D eigenvalue weighted by molar-refractivity contribution is 5.44. The van der Waals surface area contributed by atoms with Crippen LogP contribution in [-0.4, -0.2) is 19.7 Å². The average molecular weight is 294 g/mol. The maximum absolute atomic E-state index is 5.65. The number of hydrogen-bond donors (Lipinski definition) is 2. The molecule has 6 nitrogen and oxygen atoms in total. The van der Waals surface area contributed by atoms with Gasteiger partial charge in [-0.1, -0.05) is 18.2 Å². The van der Waals surface area contributed by atoms with Gasteiger partial charge in [-0.3, -0.25) is 0 Å². The third-order valence-corrected chi connectivity index (χ3v) is 3.30. The molecule has 3 aromatic rings. The SMILES string of the molecule is Cc1nc(CN)cc(NCc2ccccc2-n2cccn2)n1. The van der Waals surface area contributed by atoms with E-state index in [2.05, 4.69) is 26.4 Å². The van der Waals surface area contributed by atoms with Crippen molar-refractivity contribution in [3.63, 3.8) is 0 Å². The van der Waals surface area contributed by atoms with E-state index in [1.165, 1.54) is 0 Å². The van der Waals surface area contributed by atoms with E-state index < -0.39 is 0 Å². The maximum Gasteiger partial charge on any atom is 0.130 e. The Hall–Kier alpha value is -2.73. The number of aromatic nitrogens is 4. The second-order valence-corrected chi connectivity index (χ2v) is 4.93. The van der Waals surface area contributed by atoms with Crippen molar-refractivity contribution in [1.82, 2.24) is 19.7 Å². The highest BCUT2D eigenvalue weighted by Crippen LogP contribution is 2.15. The number of nitrogens with two attached hydrogens (primary N) is 1. The number of rotatable bonds is 5. The predicted octanol–water partition coefficient (Wildman–Crippen LogP) is 2.04. The van der Waals surface area contributed by atoms with Gasteiger partial charge in [0.05, 0.1) is 11.4 Å². The van der Waals surface area contributed by atoms with Crippen molar-refractivity contribution in [2.75, 3.05) is 5.32 Å². The van der Waals surface area contributed by atoms with Gasteiger partial charge in [0.1, 0.15) is 11.6 Å². The molecule has 0 saturated carbocycles. The van der Waals surface area contributed by atoms with Crippen molar-refractivity contribution in [3.8, 4) is 5.69 Å². The first-order valence-electron chi connectivity index (χ1n) is 7.12.